The molecule has 0 bridgehead atoms. The van der Waals surface area contributed by atoms with E-state index in [1.165, 1.54) is 32.3 Å². The van der Waals surface area contributed by atoms with Gasteiger partial charge in [0.2, 0.25) is 11.4 Å². The van der Waals surface area contributed by atoms with Crippen molar-refractivity contribution in [3.8, 4) is 45.0 Å². The Morgan fingerprint density at radius 2 is 0.628 bits per heavy atom. The predicted molar refractivity (Wildman–Crippen MR) is 388 cm³/mol. The number of aromatic nitrogens is 4. The molecule has 8 heteroatoms. The van der Waals surface area contributed by atoms with Gasteiger partial charge in [0, 0.05) is 70.6 Å². The highest BCUT2D eigenvalue weighted by Gasteiger charge is 2.25. The molecular weight excluding hydrogens is 1150 g/mol. The van der Waals surface area contributed by atoms with E-state index in [0.29, 0.717) is 11.4 Å². The van der Waals surface area contributed by atoms with Crippen LogP contribution in [0.3, 0.4) is 0 Å². The van der Waals surface area contributed by atoms with E-state index in [-0.39, 0.29) is 0 Å². The van der Waals surface area contributed by atoms with Gasteiger partial charge in [-0.2, -0.15) is 0 Å². The zero-order valence-corrected chi connectivity index (χ0v) is 50.4. The van der Waals surface area contributed by atoms with E-state index >= 15 is 0 Å². The number of nitrogens with zero attached hydrogens (tertiary/aromatic N) is 6. The van der Waals surface area contributed by atoms with Crippen molar-refractivity contribution in [3.63, 3.8) is 0 Å². The molecule has 0 fully saturated rings. The first-order valence-electron chi connectivity index (χ1n) is 31.5. The summed E-state index contributed by atoms with van der Waals surface area (Å²) in [6.07, 6.45) is 0. The Kier molecular flexibility index (Phi) is 11.6. The van der Waals surface area contributed by atoms with Crippen molar-refractivity contribution in [2.24, 2.45) is 0 Å². The molecule has 0 N–H and O–H groups in total. The van der Waals surface area contributed by atoms with E-state index in [4.69, 9.17) is 22.0 Å². The van der Waals surface area contributed by atoms with Crippen LogP contribution in [0, 0.1) is 13.1 Å². The lowest BCUT2D eigenvalue weighted by atomic mass is 10.0. The molecule has 0 saturated heterocycles. The van der Waals surface area contributed by atoms with Gasteiger partial charge in [0.1, 0.15) is 22.3 Å². The molecule has 8 nitrogen and oxygen atoms in total. The molecule has 94 heavy (non-hydrogen) atoms. The Morgan fingerprint density at radius 3 is 1.12 bits per heavy atom. The van der Waals surface area contributed by atoms with Crippen LogP contribution in [0.15, 0.2) is 312 Å². The van der Waals surface area contributed by atoms with Gasteiger partial charge < -0.3 is 27.1 Å². The van der Waals surface area contributed by atoms with Crippen LogP contribution in [0.4, 0.5) is 11.4 Å². The predicted octanol–water partition coefficient (Wildman–Crippen LogP) is 24.0. The Morgan fingerprint density at radius 1 is 0.245 bits per heavy atom. The average Bonchev–Trinajstić information content (AvgIpc) is 1.57. The van der Waals surface area contributed by atoms with Crippen LogP contribution >= 0.6 is 0 Å². The van der Waals surface area contributed by atoms with Crippen LogP contribution in [0.5, 0.6) is 0 Å². The first kappa shape index (κ1) is 52.8. The van der Waals surface area contributed by atoms with Crippen LogP contribution in [-0.4, -0.2) is 18.3 Å². The minimum absolute atomic E-state index is 0.614. The van der Waals surface area contributed by atoms with Crippen molar-refractivity contribution >= 4 is 142 Å². The number of hydrogen-bond donors (Lipinski definition) is 0. The van der Waals surface area contributed by atoms with Crippen molar-refractivity contribution in [3.05, 3.63) is 326 Å². The molecule has 0 radical (unpaired) electrons. The third-order valence-corrected chi connectivity index (χ3v) is 19.1. The van der Waals surface area contributed by atoms with Crippen molar-refractivity contribution in [2.45, 2.75) is 0 Å². The maximum absolute atomic E-state index is 8.21. The van der Waals surface area contributed by atoms with E-state index in [9.17, 15) is 0 Å². The van der Waals surface area contributed by atoms with Crippen molar-refractivity contribution < 1.29 is 8.83 Å². The van der Waals surface area contributed by atoms with Gasteiger partial charge >= 0.3 is 0 Å². The monoisotopic (exact) mass is 1200 g/mol. The summed E-state index contributed by atoms with van der Waals surface area (Å²) in [6.45, 7) is 16.4. The van der Waals surface area contributed by atoms with Crippen LogP contribution in [0.1, 0.15) is 0 Å². The van der Waals surface area contributed by atoms with E-state index in [2.05, 4.69) is 283 Å². The third-order valence-electron chi connectivity index (χ3n) is 19.1. The number of hydrogen-bond acceptors (Lipinski definition) is 2. The van der Waals surface area contributed by atoms with E-state index in [1.807, 2.05) is 48.5 Å². The molecular formula is C86H50N6O2. The molecule has 436 valence electrons. The Balaban J connectivity index is 0.000000133. The quantitative estimate of drug-likeness (QED) is 0.156. The van der Waals surface area contributed by atoms with Crippen molar-refractivity contribution in [1.29, 1.82) is 0 Å². The molecule has 0 aliphatic rings. The van der Waals surface area contributed by atoms with Crippen LogP contribution in [-0.2, 0) is 0 Å². The first-order valence-corrected chi connectivity index (χ1v) is 31.5. The average molecular weight is 1200 g/mol. The molecule has 20 rings (SSSR count). The maximum Gasteiger partial charge on any atom is 0.211 e. The number of furan rings is 2. The summed E-state index contributed by atoms with van der Waals surface area (Å²) in [4.78, 5) is 8.09. The Labute approximate surface area is 537 Å². The van der Waals surface area contributed by atoms with Gasteiger partial charge in [-0.15, -0.1) is 0 Å². The van der Waals surface area contributed by atoms with E-state index < -0.39 is 0 Å². The maximum atomic E-state index is 8.21. The summed E-state index contributed by atoms with van der Waals surface area (Å²) in [5.74, 6) is 0. The smallest absolute Gasteiger partial charge is 0.211 e. The minimum atomic E-state index is 0.614. The second kappa shape index (κ2) is 20.7. The molecule has 6 aromatic heterocycles. The molecule has 0 spiro atoms. The minimum Gasteiger partial charge on any atom is -0.456 e. The van der Waals surface area contributed by atoms with E-state index in [0.717, 1.165) is 144 Å². The van der Waals surface area contributed by atoms with Gasteiger partial charge in [-0.3, -0.25) is 0 Å². The first-order chi connectivity index (χ1) is 46.6. The number of benzene rings is 14. The number of fused-ring (bicyclic) bond motifs is 20. The fraction of sp³-hybridized carbons (Fsp3) is 0. The standard InChI is InChI=1S/2C43H25N3O/c1-44-35-19-11-18-29(42(35)46-36-20-6-2-14-30(36)31-15-3-7-21-37(31)46)27-12-10-13-28(26-27)45-38-22-8-4-17-34(38)41-39(45)25-24-33-32-16-5-9-23-40(32)47-43(33)41;1-44-34-19-11-18-29(43(34)46-35-20-6-2-14-30(35)31-15-3-7-21-36(31)46)27-12-10-13-28(26-27)45-37-22-8-4-16-32(37)41-38(45)24-25-40-42(41)33-17-5-9-23-39(33)47-40/h2*2-26H. The summed E-state index contributed by atoms with van der Waals surface area (Å²) in [5.41, 5.74) is 21.6. The number of rotatable bonds is 6. The Hall–Kier alpha value is -13.1. The molecule has 0 atom stereocenters. The summed E-state index contributed by atoms with van der Waals surface area (Å²) < 4.78 is 22.0. The largest absolute Gasteiger partial charge is 0.456 e. The topological polar surface area (TPSA) is 54.7 Å². The fourth-order valence-electron chi connectivity index (χ4n) is 15.2. The van der Waals surface area contributed by atoms with Crippen LogP contribution < -0.4 is 0 Å². The molecule has 20 aromatic rings. The summed E-state index contributed by atoms with van der Waals surface area (Å²) in [7, 11) is 0. The van der Waals surface area contributed by atoms with Crippen molar-refractivity contribution in [1.82, 2.24) is 18.3 Å². The van der Waals surface area contributed by atoms with E-state index in [1.54, 1.807) is 0 Å². The SMILES string of the molecule is [C-]#[N+]c1cccc(-c2cccc(-n3c4ccccc4c4c5c(ccc43)oc3ccccc35)c2)c1-n1c2ccccc2c2ccccc21.[C-]#[N+]c1cccc(-c2cccc(-n3c4ccccc4c4c5oc6ccccc6c5ccc43)c2)c1-n1c2ccccc2c2ccccc21. The summed E-state index contributed by atoms with van der Waals surface area (Å²) in [6, 6.07) is 106. The van der Waals surface area contributed by atoms with Crippen LogP contribution in [0.25, 0.3) is 186 Å². The zero-order valence-electron chi connectivity index (χ0n) is 50.4. The molecule has 0 aliphatic heterocycles. The second-order valence-electron chi connectivity index (χ2n) is 24.0. The highest BCUT2D eigenvalue weighted by Crippen LogP contribution is 2.47. The van der Waals surface area contributed by atoms with Gasteiger partial charge in [0.05, 0.1) is 74.0 Å². The highest BCUT2D eigenvalue weighted by molar-refractivity contribution is 6.28. The highest BCUT2D eigenvalue weighted by atomic mass is 16.3. The van der Waals surface area contributed by atoms with Gasteiger partial charge in [-0.1, -0.05) is 206 Å². The molecule has 0 amide bonds. The molecule has 0 saturated carbocycles. The molecule has 0 aliphatic carbocycles. The zero-order chi connectivity index (χ0) is 62.1. The second-order valence-corrected chi connectivity index (χ2v) is 24.0. The third kappa shape index (κ3) is 7.72. The van der Waals surface area contributed by atoms with Gasteiger partial charge in [-0.25, -0.2) is 9.69 Å². The van der Waals surface area contributed by atoms with Gasteiger partial charge in [-0.05, 0) is 119 Å². The van der Waals surface area contributed by atoms with Gasteiger partial charge in [0.25, 0.3) is 0 Å². The lowest BCUT2D eigenvalue weighted by molar-refractivity contribution is 0.669. The molecule has 14 aromatic carbocycles. The van der Waals surface area contributed by atoms with Gasteiger partial charge in [0.15, 0.2) is 0 Å². The summed E-state index contributed by atoms with van der Waals surface area (Å²) in [5, 5.41) is 13.8. The van der Waals surface area contributed by atoms with Crippen molar-refractivity contribution in [2.75, 3.05) is 0 Å². The lowest BCUT2D eigenvalue weighted by Gasteiger charge is -2.17. The Bertz CT molecular complexity index is 6550. The number of para-hydroxylation sites is 10. The molecule has 0 unspecified atom stereocenters. The fourth-order valence-corrected chi connectivity index (χ4v) is 15.2. The van der Waals surface area contributed by atoms with Crippen LogP contribution in [0.2, 0.25) is 0 Å². The lowest BCUT2D eigenvalue weighted by Crippen LogP contribution is -1.99. The molecule has 6 heterocycles. The normalized spacial score (nSPS) is 11.8. The summed E-state index contributed by atoms with van der Waals surface area (Å²) >= 11 is 0.